The molecule has 12 heteroatoms. The number of methoxy groups -OCH3 is 1. The van der Waals surface area contributed by atoms with Crippen LogP contribution in [-0.4, -0.2) is 53.2 Å². The van der Waals surface area contributed by atoms with Crippen LogP contribution in [-0.2, 0) is 24.6 Å². The van der Waals surface area contributed by atoms with Crippen LogP contribution in [0.5, 0.6) is 11.5 Å². The van der Waals surface area contributed by atoms with Crippen molar-refractivity contribution in [1.82, 2.24) is 5.32 Å². The third-order valence-corrected chi connectivity index (χ3v) is 10.1. The maximum absolute atomic E-state index is 12.4. The topological polar surface area (TPSA) is 118 Å². The summed E-state index contributed by atoms with van der Waals surface area (Å²) in [5.41, 5.74) is 0.239. The zero-order valence-electron chi connectivity index (χ0n) is 20.1. The van der Waals surface area contributed by atoms with Crippen LogP contribution in [0.15, 0.2) is 12.1 Å². The molecule has 0 unspecified atom stereocenters. The molecule has 183 valence electrons. The molecule has 1 aromatic carbocycles. The smallest absolute Gasteiger partial charge is 0.0355 e. The van der Waals surface area contributed by atoms with Crippen molar-refractivity contribution in [3.63, 3.8) is 0 Å². The first-order valence-corrected chi connectivity index (χ1v) is 17.8. The third-order valence-electron chi connectivity index (χ3n) is 4.67. The van der Waals surface area contributed by atoms with Crippen LogP contribution in [0.25, 0.3) is 0 Å². The van der Waals surface area contributed by atoms with E-state index in [2.05, 4.69) is 5.32 Å². The largest absolute Gasteiger partial charge is 0.374 e. The number of hydrogen-bond acceptors (Lipinski definition) is 8. The second-order valence-corrected chi connectivity index (χ2v) is 13.0. The Labute approximate surface area is 191 Å². The number of benzene rings is 1. The molecule has 0 saturated carbocycles. The molecule has 0 fully saturated rings. The Balaban J connectivity index is 2.78. The Morgan fingerprint density at radius 3 is 2.24 bits per heavy atom. The second kappa shape index (κ2) is 14.8. The van der Waals surface area contributed by atoms with Gasteiger partial charge in [0.2, 0.25) is 0 Å². The van der Waals surface area contributed by atoms with E-state index in [1.807, 2.05) is 20.8 Å². The van der Waals surface area contributed by atoms with Gasteiger partial charge in [-0.2, -0.15) is 0 Å². The summed E-state index contributed by atoms with van der Waals surface area (Å²) in [7, 11) is -1.32. The summed E-state index contributed by atoms with van der Waals surface area (Å²) in [6.45, 7) is 8.74. The van der Waals surface area contributed by atoms with E-state index in [0.717, 1.165) is 13.3 Å². The summed E-state index contributed by atoms with van der Waals surface area (Å²) < 4.78 is 29.0. The number of hydrogen-bond donors (Lipinski definition) is 1. The summed E-state index contributed by atoms with van der Waals surface area (Å²) >= 11 is 0. The zero-order valence-corrected chi connectivity index (χ0v) is 27.5. The molecule has 0 saturated heterocycles. The predicted octanol–water partition coefficient (Wildman–Crippen LogP) is 3.78. The molecule has 0 radical (unpaired) electrons. The van der Waals surface area contributed by atoms with E-state index in [1.54, 1.807) is 6.07 Å². The van der Waals surface area contributed by atoms with Gasteiger partial charge < -0.3 is 13.3 Å². The van der Waals surface area contributed by atoms with Crippen LogP contribution < -0.4 is 14.8 Å². The van der Waals surface area contributed by atoms with E-state index in [1.165, 1.54) is 13.2 Å². The minimum absolute atomic E-state index is 0.0140. The Kier molecular flexibility index (Phi) is 12.5. The van der Waals surface area contributed by atoms with Gasteiger partial charge in [-0.25, -0.2) is 0 Å². The Morgan fingerprint density at radius 1 is 1.09 bits per heavy atom. The van der Waals surface area contributed by atoms with Crippen molar-refractivity contribution in [3.05, 3.63) is 27.8 Å². The number of ether oxygens (including phenoxy) is 2. The van der Waals surface area contributed by atoms with E-state index >= 15 is 0 Å². The molecule has 0 aliphatic rings. The van der Waals surface area contributed by atoms with Gasteiger partial charge in [0.05, 0.1) is 0 Å². The molecule has 0 aliphatic heterocycles. The van der Waals surface area contributed by atoms with Crippen LogP contribution in [0, 0.1) is 10.1 Å². The summed E-state index contributed by atoms with van der Waals surface area (Å²) in [5, 5.41) is 14.3. The summed E-state index contributed by atoms with van der Waals surface area (Å²) in [5.74, 6) is 0.530. The molecule has 10 nitrogen and oxygen atoms in total. The molecule has 0 aliphatic carbocycles. The van der Waals surface area contributed by atoms with Crippen LogP contribution >= 0.6 is 0 Å². The fourth-order valence-corrected chi connectivity index (χ4v) is 6.74. The SMILES string of the molecule is CCO[Si](CCCC(=O)NCc1cc(OC)c(OCC[CH2][Rf])cc1[N+](=O)[O-])(OCC)OCC. The average Bonchev–Trinajstić information content (AvgIpc) is 2.78. The van der Waals surface area contributed by atoms with Gasteiger partial charge in [0.25, 0.3) is 0 Å². The fourth-order valence-electron chi connectivity index (χ4n) is 3.21. The monoisotopic (exact) mass is 738 g/mol. The number of amides is 1. The van der Waals surface area contributed by atoms with E-state index in [0.29, 0.717) is 56.0 Å². The first kappa shape index (κ1) is 27.8. The summed E-state index contributed by atoms with van der Waals surface area (Å²) in [4.78, 5) is 23.5. The van der Waals surface area contributed by atoms with Crippen molar-refractivity contribution >= 4 is 20.4 Å². The molecular formula is C21H35N2O8RfSi. The summed E-state index contributed by atoms with van der Waals surface area (Å²) in [6.07, 6.45) is 1.68. The van der Waals surface area contributed by atoms with E-state index < -0.39 is 13.7 Å². The Morgan fingerprint density at radius 2 is 1.73 bits per heavy atom. The van der Waals surface area contributed by atoms with Crippen molar-refractivity contribution in [2.24, 2.45) is 0 Å². The number of nitro groups is 1. The molecule has 0 bridgehead atoms. The van der Waals surface area contributed by atoms with Gasteiger partial charge in [-0.05, 0) is 27.2 Å². The predicted molar refractivity (Wildman–Crippen MR) is 121 cm³/mol. The van der Waals surface area contributed by atoms with Crippen LogP contribution in [0.1, 0.15) is 45.6 Å². The van der Waals surface area contributed by atoms with Gasteiger partial charge >= 0.3 is 124 Å². The molecule has 1 amide bonds. The molecule has 33 heavy (non-hydrogen) atoms. The molecule has 0 spiro atoms. The number of carbonyl (C=O) groups excluding carboxylic acids is 1. The number of nitrogens with one attached hydrogen (secondary N) is 1. The van der Waals surface area contributed by atoms with Crippen molar-refractivity contribution in [3.8, 4) is 11.5 Å². The molecule has 0 atom stereocenters. The van der Waals surface area contributed by atoms with Crippen LogP contribution in [0.2, 0.25) is 13.0 Å². The number of carbonyl (C=O) groups is 1. The van der Waals surface area contributed by atoms with Gasteiger partial charge in [-0.15, -0.1) is 0 Å². The number of nitrogens with zero attached hydrogens (tertiary/aromatic N) is 1. The second-order valence-electron chi connectivity index (χ2n) is 7.06. The summed E-state index contributed by atoms with van der Waals surface area (Å²) in [6, 6.07) is 3.44. The van der Waals surface area contributed by atoms with E-state index in [9.17, 15) is 14.9 Å². The molecule has 1 rings (SSSR count). The molecule has 1 aromatic rings. The van der Waals surface area contributed by atoms with Crippen LogP contribution in [0.4, 0.5) is 5.69 Å². The standard InChI is InChI=1S/C21H35N2O8Si.Rf/c1-6-12-28-20-15-18(23(25)26)17(14-19(20)27-5)16-22-21(24)11-10-13-32(29-7-2,30-8-3)31-9-4;/h14-15H,1,6-13,16H2,2-5H3,(H,22,24);. The Bertz CT molecular complexity index is 736. The van der Waals surface area contributed by atoms with E-state index in [4.69, 9.17) is 22.8 Å². The minimum atomic E-state index is -2.80. The van der Waals surface area contributed by atoms with Gasteiger partial charge in [0, 0.05) is 25.9 Å². The maximum atomic E-state index is 12.4. The zero-order chi connectivity index (χ0) is 24.7. The van der Waals surface area contributed by atoms with Gasteiger partial charge in [-0.1, -0.05) is 0 Å². The van der Waals surface area contributed by atoms with Gasteiger partial charge in [0.15, 0.2) is 0 Å². The maximum Gasteiger partial charge on any atom is 0.0355 e. The normalized spacial score (nSPS) is 11.3. The molecule has 0 aromatic heterocycles. The minimum Gasteiger partial charge on any atom is -0.374 e. The van der Waals surface area contributed by atoms with Gasteiger partial charge in [-0.3, -0.25) is 0 Å². The van der Waals surface area contributed by atoms with E-state index in [-0.39, 0.29) is 24.6 Å². The molecular weight excluding hydrogens is 703 g/mol. The van der Waals surface area contributed by atoms with Crippen molar-refractivity contribution in [2.75, 3.05) is 33.5 Å². The van der Waals surface area contributed by atoms with Crippen molar-refractivity contribution in [2.45, 2.75) is 59.5 Å². The number of nitro benzene ring substituents is 1. The quantitative estimate of drug-likeness (QED) is 0.105. The third kappa shape index (κ3) is 9.05. The van der Waals surface area contributed by atoms with Crippen LogP contribution in [0.3, 0.4) is 0 Å². The first-order chi connectivity index (χ1) is 15.9. The fraction of sp³-hybridized carbons (Fsp3) is 0.667. The Hall–Kier alpha value is -3.21. The number of rotatable bonds is 18. The van der Waals surface area contributed by atoms with Crippen molar-refractivity contribution in [1.29, 1.82) is 0 Å². The molecule has 0 heterocycles. The molecule has 1 N–H and O–H groups in total. The van der Waals surface area contributed by atoms with Gasteiger partial charge in [0.1, 0.15) is 0 Å². The first-order valence-electron chi connectivity index (χ1n) is 11.3. The average molecular weight is 739 g/mol. The van der Waals surface area contributed by atoms with Crippen molar-refractivity contribution < 1.29 is 32.5 Å².